The van der Waals surface area contributed by atoms with Gasteiger partial charge in [-0.05, 0) is 42.3 Å². The summed E-state index contributed by atoms with van der Waals surface area (Å²) in [5.41, 5.74) is 3.36. The summed E-state index contributed by atoms with van der Waals surface area (Å²) in [5.74, 6) is 2.49. The first-order chi connectivity index (χ1) is 12.8. The van der Waals surface area contributed by atoms with Gasteiger partial charge in [0.2, 0.25) is 6.79 Å². The van der Waals surface area contributed by atoms with Crippen LogP contribution in [0.1, 0.15) is 21.8 Å². The van der Waals surface area contributed by atoms with E-state index in [2.05, 4.69) is 28.5 Å². The molecule has 0 saturated heterocycles. The Morgan fingerprint density at radius 3 is 2.62 bits per heavy atom. The number of rotatable bonds is 7. The summed E-state index contributed by atoms with van der Waals surface area (Å²) in [5, 5.41) is 6.54. The van der Waals surface area contributed by atoms with Gasteiger partial charge in [0.05, 0.1) is 10.7 Å². The molecule has 1 N–H and O–H groups in total. The summed E-state index contributed by atoms with van der Waals surface area (Å²) in [6, 6.07) is 14.2. The summed E-state index contributed by atoms with van der Waals surface area (Å²) in [4.78, 5) is 4.40. The summed E-state index contributed by atoms with van der Waals surface area (Å²) in [6.07, 6.45) is 0. The lowest BCUT2D eigenvalue weighted by molar-refractivity contribution is 0.174. The van der Waals surface area contributed by atoms with Crippen molar-refractivity contribution in [1.29, 1.82) is 0 Å². The Kier molecular flexibility index (Phi) is 5.04. The average molecular weight is 368 g/mol. The van der Waals surface area contributed by atoms with Crippen molar-refractivity contribution in [1.82, 2.24) is 10.3 Å². The molecule has 0 amide bonds. The summed E-state index contributed by atoms with van der Waals surface area (Å²) >= 11 is 1.64. The maximum atomic E-state index is 5.77. The number of hydrogen-bond donors (Lipinski definition) is 1. The zero-order valence-electron chi connectivity index (χ0n) is 14.5. The smallest absolute Gasteiger partial charge is 0.231 e. The van der Waals surface area contributed by atoms with Gasteiger partial charge in [0.15, 0.2) is 11.5 Å². The van der Waals surface area contributed by atoms with Crippen LogP contribution in [0.2, 0.25) is 0 Å². The molecule has 134 valence electrons. The van der Waals surface area contributed by atoms with Crippen LogP contribution in [0.25, 0.3) is 0 Å². The molecule has 0 fully saturated rings. The highest BCUT2D eigenvalue weighted by atomic mass is 32.1. The van der Waals surface area contributed by atoms with Crippen molar-refractivity contribution >= 4 is 11.3 Å². The lowest BCUT2D eigenvalue weighted by Crippen LogP contribution is -2.12. The fourth-order valence-electron chi connectivity index (χ4n) is 2.74. The molecule has 1 aliphatic rings. The normalized spacial score (nSPS) is 12.3. The maximum Gasteiger partial charge on any atom is 0.231 e. The van der Waals surface area contributed by atoms with Crippen LogP contribution in [-0.4, -0.2) is 11.8 Å². The van der Waals surface area contributed by atoms with Crippen LogP contribution in [-0.2, 0) is 19.7 Å². The van der Waals surface area contributed by atoms with Crippen LogP contribution in [0.3, 0.4) is 0 Å². The van der Waals surface area contributed by atoms with E-state index in [0.717, 1.165) is 41.0 Å². The molecule has 6 heteroatoms. The molecule has 0 spiro atoms. The van der Waals surface area contributed by atoms with E-state index in [9.17, 15) is 0 Å². The van der Waals surface area contributed by atoms with E-state index in [0.29, 0.717) is 13.4 Å². The van der Waals surface area contributed by atoms with Crippen LogP contribution < -0.4 is 19.5 Å². The minimum Gasteiger partial charge on any atom is -0.487 e. The monoisotopic (exact) mass is 368 g/mol. The van der Waals surface area contributed by atoms with Crippen LogP contribution in [0.15, 0.2) is 47.8 Å². The largest absolute Gasteiger partial charge is 0.487 e. The molecule has 5 nitrogen and oxygen atoms in total. The molecule has 2 aromatic carbocycles. The number of benzene rings is 2. The molecular formula is C20H20N2O3S. The Balaban J connectivity index is 1.25. The summed E-state index contributed by atoms with van der Waals surface area (Å²) in [7, 11) is 0. The van der Waals surface area contributed by atoms with E-state index in [-0.39, 0.29) is 0 Å². The second kappa shape index (κ2) is 7.76. The van der Waals surface area contributed by atoms with Crippen molar-refractivity contribution in [2.75, 3.05) is 6.79 Å². The fourth-order valence-corrected chi connectivity index (χ4v) is 3.33. The van der Waals surface area contributed by atoms with Crippen LogP contribution in [0.4, 0.5) is 0 Å². The van der Waals surface area contributed by atoms with Crippen LogP contribution in [0, 0.1) is 6.92 Å². The van der Waals surface area contributed by atoms with E-state index in [1.54, 1.807) is 11.3 Å². The Morgan fingerprint density at radius 1 is 1.04 bits per heavy atom. The van der Waals surface area contributed by atoms with Crippen molar-refractivity contribution < 1.29 is 14.2 Å². The molecule has 0 unspecified atom stereocenters. The maximum absolute atomic E-state index is 5.77. The Hall–Kier alpha value is -2.57. The third-order valence-electron chi connectivity index (χ3n) is 4.07. The molecule has 1 aromatic heterocycles. The van der Waals surface area contributed by atoms with Gasteiger partial charge in [-0.25, -0.2) is 4.98 Å². The first-order valence-corrected chi connectivity index (χ1v) is 9.36. The lowest BCUT2D eigenvalue weighted by Gasteiger charge is -2.08. The van der Waals surface area contributed by atoms with Gasteiger partial charge in [0, 0.05) is 18.5 Å². The topological polar surface area (TPSA) is 52.6 Å². The molecule has 2 heterocycles. The minimum atomic E-state index is 0.308. The van der Waals surface area contributed by atoms with Gasteiger partial charge < -0.3 is 19.5 Å². The predicted octanol–water partition coefficient (Wildman–Crippen LogP) is 4.05. The highest BCUT2D eigenvalue weighted by Crippen LogP contribution is 2.32. The Labute approximate surface area is 156 Å². The van der Waals surface area contributed by atoms with E-state index >= 15 is 0 Å². The van der Waals surface area contributed by atoms with E-state index in [1.807, 2.05) is 36.6 Å². The van der Waals surface area contributed by atoms with Crippen LogP contribution >= 0.6 is 11.3 Å². The molecule has 26 heavy (non-hydrogen) atoms. The second-order valence-corrected chi connectivity index (χ2v) is 7.14. The number of hydrogen-bond acceptors (Lipinski definition) is 6. The third kappa shape index (κ3) is 4.15. The summed E-state index contributed by atoms with van der Waals surface area (Å²) < 4.78 is 16.5. The fraction of sp³-hybridized carbons (Fsp3) is 0.250. The molecule has 0 atom stereocenters. The number of aryl methyl sites for hydroxylation is 1. The number of nitrogens with one attached hydrogen (secondary N) is 1. The van der Waals surface area contributed by atoms with Crippen LogP contribution in [0.5, 0.6) is 17.2 Å². The van der Waals surface area contributed by atoms with Gasteiger partial charge in [-0.1, -0.05) is 18.2 Å². The highest BCUT2D eigenvalue weighted by molar-refractivity contribution is 7.09. The number of thiazole rings is 1. The Morgan fingerprint density at radius 2 is 1.81 bits per heavy atom. The Bertz CT molecular complexity index is 877. The average Bonchev–Trinajstić information content (AvgIpc) is 3.29. The van der Waals surface area contributed by atoms with E-state index < -0.39 is 0 Å². The first-order valence-electron chi connectivity index (χ1n) is 8.48. The number of fused-ring (bicyclic) bond motifs is 1. The predicted molar refractivity (Wildman–Crippen MR) is 101 cm³/mol. The molecule has 1 aliphatic heterocycles. The van der Waals surface area contributed by atoms with E-state index in [4.69, 9.17) is 14.2 Å². The lowest BCUT2D eigenvalue weighted by atomic mass is 10.2. The van der Waals surface area contributed by atoms with Crippen molar-refractivity contribution in [3.63, 3.8) is 0 Å². The van der Waals surface area contributed by atoms with Gasteiger partial charge in [0.25, 0.3) is 0 Å². The number of aromatic nitrogens is 1. The SMILES string of the molecule is Cc1nc(COc2ccc(CNCc3ccc4c(c3)OCO4)cc2)cs1. The first kappa shape index (κ1) is 16.9. The van der Waals surface area contributed by atoms with Crippen molar-refractivity contribution in [3.8, 4) is 17.2 Å². The standard InChI is InChI=1S/C20H20N2O3S/c1-14-22-17(12-26-14)11-23-18-5-2-15(3-6-18)9-21-10-16-4-7-19-20(8-16)25-13-24-19/h2-8,12,21H,9-11,13H2,1H3. The quantitative estimate of drug-likeness (QED) is 0.682. The van der Waals surface area contributed by atoms with Crippen molar-refractivity contribution in [2.24, 2.45) is 0 Å². The van der Waals surface area contributed by atoms with Crippen molar-refractivity contribution in [3.05, 3.63) is 69.7 Å². The summed E-state index contributed by atoms with van der Waals surface area (Å²) in [6.45, 7) is 4.38. The van der Waals surface area contributed by atoms with Gasteiger partial charge in [-0.15, -0.1) is 11.3 Å². The van der Waals surface area contributed by atoms with Gasteiger partial charge >= 0.3 is 0 Å². The molecule has 0 saturated carbocycles. The van der Waals surface area contributed by atoms with Gasteiger partial charge in [0.1, 0.15) is 12.4 Å². The number of ether oxygens (including phenoxy) is 3. The zero-order valence-corrected chi connectivity index (χ0v) is 15.3. The molecule has 0 aliphatic carbocycles. The number of nitrogens with zero attached hydrogens (tertiary/aromatic N) is 1. The molecular weight excluding hydrogens is 348 g/mol. The third-order valence-corrected chi connectivity index (χ3v) is 4.89. The minimum absolute atomic E-state index is 0.308. The van der Waals surface area contributed by atoms with Crippen molar-refractivity contribution in [2.45, 2.75) is 26.6 Å². The molecule has 4 rings (SSSR count). The highest BCUT2D eigenvalue weighted by Gasteiger charge is 2.12. The molecule has 3 aromatic rings. The van der Waals surface area contributed by atoms with Gasteiger partial charge in [-0.3, -0.25) is 0 Å². The zero-order chi connectivity index (χ0) is 17.8. The molecule has 0 radical (unpaired) electrons. The second-order valence-electron chi connectivity index (χ2n) is 6.08. The van der Waals surface area contributed by atoms with E-state index in [1.165, 1.54) is 11.1 Å². The molecule has 0 bridgehead atoms. The van der Waals surface area contributed by atoms with Gasteiger partial charge in [-0.2, -0.15) is 0 Å².